The molecule has 1 aromatic carbocycles. The zero-order valence-electron chi connectivity index (χ0n) is 16.0. The first-order valence-corrected chi connectivity index (χ1v) is 10.3. The van der Waals surface area contributed by atoms with Crippen LogP contribution in [0.2, 0.25) is 0 Å². The predicted molar refractivity (Wildman–Crippen MR) is 100 cm³/mol. The highest BCUT2D eigenvalue weighted by Crippen LogP contribution is 2.17. The molecule has 9 nitrogen and oxygen atoms in total. The fourth-order valence-electron chi connectivity index (χ4n) is 2.87. The van der Waals surface area contributed by atoms with Gasteiger partial charge in [-0.05, 0) is 31.9 Å². The van der Waals surface area contributed by atoms with Gasteiger partial charge >= 0.3 is 5.97 Å². The Bertz CT molecular complexity index is 837. The summed E-state index contributed by atoms with van der Waals surface area (Å²) in [5, 5.41) is 0. The molecule has 0 saturated carbocycles. The van der Waals surface area contributed by atoms with E-state index in [-0.39, 0.29) is 11.4 Å². The first-order chi connectivity index (χ1) is 13.1. The van der Waals surface area contributed by atoms with Gasteiger partial charge in [0.2, 0.25) is 15.9 Å². The monoisotopic (exact) mass is 411 g/mol. The molecule has 2 N–H and O–H groups in total. The summed E-state index contributed by atoms with van der Waals surface area (Å²) in [6, 6.07) is 6.24. The Morgan fingerprint density at radius 3 is 2.50 bits per heavy atom. The zero-order valence-corrected chi connectivity index (χ0v) is 16.8. The van der Waals surface area contributed by atoms with E-state index in [9.17, 15) is 22.8 Å². The summed E-state index contributed by atoms with van der Waals surface area (Å²) in [7, 11) is -2.58. The van der Waals surface area contributed by atoms with Crippen LogP contribution in [0.25, 0.3) is 0 Å². The third-order valence-corrected chi connectivity index (χ3v) is 6.43. The van der Waals surface area contributed by atoms with Gasteiger partial charge < -0.3 is 15.4 Å². The van der Waals surface area contributed by atoms with Crippen molar-refractivity contribution >= 4 is 27.8 Å². The van der Waals surface area contributed by atoms with Crippen molar-refractivity contribution in [2.45, 2.75) is 24.7 Å². The number of amides is 2. The van der Waals surface area contributed by atoms with Gasteiger partial charge in [-0.15, -0.1) is 0 Å². The number of primary amides is 1. The number of piperidine rings is 1. The van der Waals surface area contributed by atoms with E-state index in [1.165, 1.54) is 24.1 Å². The standard InChI is InChI=1S/C18H25N3O6S/c1-13-5-7-15(8-6-13)28(25,26)20(2)11-17(23)27-12-16(22)21-9-3-4-14(10-21)18(19)24/h5-8,14H,3-4,9-12H2,1-2H3,(H2,19,24)/t14-/m1/s1. The highest BCUT2D eigenvalue weighted by atomic mass is 32.2. The van der Waals surface area contributed by atoms with Crippen LogP contribution in [0.3, 0.4) is 0 Å². The fraction of sp³-hybridized carbons (Fsp3) is 0.500. The predicted octanol–water partition coefficient (Wildman–Crippen LogP) is -0.117. The minimum absolute atomic E-state index is 0.0651. The van der Waals surface area contributed by atoms with E-state index in [1.807, 2.05) is 6.92 Å². The molecule has 0 spiro atoms. The van der Waals surface area contributed by atoms with Gasteiger partial charge in [-0.25, -0.2) is 8.42 Å². The third kappa shape index (κ3) is 5.52. The number of benzene rings is 1. The highest BCUT2D eigenvalue weighted by Gasteiger charge is 2.28. The summed E-state index contributed by atoms with van der Waals surface area (Å²) in [6.45, 7) is 1.47. The summed E-state index contributed by atoms with van der Waals surface area (Å²) < 4.78 is 30.7. The van der Waals surface area contributed by atoms with Crippen LogP contribution in [0.15, 0.2) is 29.2 Å². The maximum Gasteiger partial charge on any atom is 0.321 e. The number of carbonyl (C=O) groups excluding carboxylic acids is 3. The smallest absolute Gasteiger partial charge is 0.321 e. The molecule has 10 heteroatoms. The number of ether oxygens (including phenoxy) is 1. The molecule has 0 radical (unpaired) electrons. The van der Waals surface area contributed by atoms with Gasteiger partial charge in [0.1, 0.15) is 6.54 Å². The fourth-order valence-corrected chi connectivity index (χ4v) is 3.99. The summed E-state index contributed by atoms with van der Waals surface area (Å²) in [4.78, 5) is 36.9. The number of likely N-dealkylation sites (N-methyl/N-ethyl adjacent to an activating group) is 1. The van der Waals surface area contributed by atoms with Gasteiger partial charge in [0, 0.05) is 20.1 Å². The van der Waals surface area contributed by atoms with Crippen LogP contribution in [0.5, 0.6) is 0 Å². The number of aryl methyl sites for hydroxylation is 1. The largest absolute Gasteiger partial charge is 0.455 e. The normalized spacial score (nSPS) is 17.4. The molecule has 2 rings (SSSR count). The molecule has 0 aliphatic carbocycles. The van der Waals surface area contributed by atoms with E-state index in [2.05, 4.69) is 0 Å². The minimum Gasteiger partial charge on any atom is -0.455 e. The SMILES string of the molecule is Cc1ccc(S(=O)(=O)N(C)CC(=O)OCC(=O)N2CCC[C@@H](C(N)=O)C2)cc1. The van der Waals surface area contributed by atoms with Crippen LogP contribution < -0.4 is 5.73 Å². The quantitative estimate of drug-likeness (QED) is 0.623. The molecule has 1 saturated heterocycles. The summed E-state index contributed by atoms with van der Waals surface area (Å²) >= 11 is 0. The van der Waals surface area contributed by atoms with E-state index >= 15 is 0 Å². The van der Waals surface area contributed by atoms with Crippen molar-refractivity contribution in [2.24, 2.45) is 11.7 Å². The number of carbonyl (C=O) groups is 3. The Balaban J connectivity index is 1.87. The lowest BCUT2D eigenvalue weighted by Gasteiger charge is -2.31. The van der Waals surface area contributed by atoms with Gasteiger partial charge in [-0.3, -0.25) is 14.4 Å². The molecule has 1 aliphatic rings. The molecule has 0 aromatic heterocycles. The summed E-state index contributed by atoms with van der Waals surface area (Å²) in [5.74, 6) is -2.14. The topological polar surface area (TPSA) is 127 Å². The number of likely N-dealkylation sites (tertiary alicyclic amines) is 1. The Morgan fingerprint density at radius 2 is 1.89 bits per heavy atom. The number of nitrogens with zero attached hydrogens (tertiary/aromatic N) is 2. The third-order valence-electron chi connectivity index (χ3n) is 4.61. The summed E-state index contributed by atoms with van der Waals surface area (Å²) in [6.07, 6.45) is 1.27. The highest BCUT2D eigenvalue weighted by molar-refractivity contribution is 7.89. The van der Waals surface area contributed by atoms with Crippen LogP contribution in [0, 0.1) is 12.8 Å². The van der Waals surface area contributed by atoms with Crippen LogP contribution in [-0.4, -0.2) is 68.7 Å². The van der Waals surface area contributed by atoms with Crippen molar-refractivity contribution in [2.75, 3.05) is 33.3 Å². The molecule has 154 valence electrons. The number of nitrogens with two attached hydrogens (primary N) is 1. The maximum atomic E-state index is 12.5. The second-order valence-electron chi connectivity index (χ2n) is 6.82. The number of hydrogen-bond acceptors (Lipinski definition) is 6. The van der Waals surface area contributed by atoms with Gasteiger partial charge in [0.25, 0.3) is 5.91 Å². The second-order valence-corrected chi connectivity index (χ2v) is 8.86. The molecule has 1 fully saturated rings. The van der Waals surface area contributed by atoms with Gasteiger partial charge in [0.15, 0.2) is 6.61 Å². The van der Waals surface area contributed by atoms with E-state index in [0.29, 0.717) is 19.4 Å². The average molecular weight is 411 g/mol. The lowest BCUT2D eigenvalue weighted by Crippen LogP contribution is -2.45. The Kier molecular flexibility index (Phi) is 7.14. The number of rotatable bonds is 7. The van der Waals surface area contributed by atoms with E-state index < -0.39 is 46.9 Å². The molecule has 0 unspecified atom stereocenters. The van der Waals surface area contributed by atoms with Crippen molar-refractivity contribution in [3.63, 3.8) is 0 Å². The molecule has 0 bridgehead atoms. The van der Waals surface area contributed by atoms with Crippen LogP contribution in [-0.2, 0) is 29.1 Å². The van der Waals surface area contributed by atoms with Crippen LogP contribution in [0.4, 0.5) is 0 Å². The van der Waals surface area contributed by atoms with Crippen molar-refractivity contribution in [1.29, 1.82) is 0 Å². The Morgan fingerprint density at radius 1 is 1.25 bits per heavy atom. The molecule has 28 heavy (non-hydrogen) atoms. The lowest BCUT2D eigenvalue weighted by atomic mass is 9.97. The average Bonchev–Trinajstić information content (AvgIpc) is 2.66. The minimum atomic E-state index is -3.84. The van der Waals surface area contributed by atoms with Gasteiger partial charge in [-0.1, -0.05) is 17.7 Å². The lowest BCUT2D eigenvalue weighted by molar-refractivity contribution is -0.153. The van der Waals surface area contributed by atoms with Gasteiger partial charge in [-0.2, -0.15) is 4.31 Å². The van der Waals surface area contributed by atoms with Crippen molar-refractivity contribution in [3.8, 4) is 0 Å². The molecular weight excluding hydrogens is 386 g/mol. The number of esters is 1. The molecular formula is C18H25N3O6S. The number of hydrogen-bond donors (Lipinski definition) is 1. The second kappa shape index (κ2) is 9.16. The molecule has 1 atom stereocenters. The van der Waals surface area contributed by atoms with E-state index in [4.69, 9.17) is 10.5 Å². The molecule has 1 heterocycles. The Hall–Kier alpha value is -2.46. The maximum absolute atomic E-state index is 12.5. The van der Waals surface area contributed by atoms with E-state index in [0.717, 1.165) is 9.87 Å². The van der Waals surface area contributed by atoms with Crippen molar-refractivity contribution in [1.82, 2.24) is 9.21 Å². The molecule has 1 aromatic rings. The van der Waals surface area contributed by atoms with Crippen LogP contribution >= 0.6 is 0 Å². The Labute approximate surface area is 164 Å². The zero-order chi connectivity index (χ0) is 20.9. The van der Waals surface area contributed by atoms with E-state index in [1.54, 1.807) is 12.1 Å². The van der Waals surface area contributed by atoms with Crippen molar-refractivity contribution in [3.05, 3.63) is 29.8 Å². The first-order valence-electron chi connectivity index (χ1n) is 8.87. The van der Waals surface area contributed by atoms with Gasteiger partial charge in [0.05, 0.1) is 10.8 Å². The van der Waals surface area contributed by atoms with Crippen molar-refractivity contribution < 1.29 is 27.5 Å². The molecule has 1 aliphatic heterocycles. The molecule has 2 amide bonds. The van der Waals surface area contributed by atoms with Crippen LogP contribution in [0.1, 0.15) is 18.4 Å². The number of sulfonamides is 1. The summed E-state index contributed by atoms with van der Waals surface area (Å²) in [5.41, 5.74) is 6.19. The first kappa shape index (κ1) is 21.8.